The average molecular weight is 511 g/mol. The maximum Gasteiger partial charge on any atom is 0.137 e. The van der Waals surface area contributed by atoms with Gasteiger partial charge in [-0.05, 0) is 43.5 Å². The molecule has 0 bridgehead atoms. The molecule has 0 radical (unpaired) electrons. The minimum Gasteiger partial charge on any atom is -0.381 e. The predicted molar refractivity (Wildman–Crippen MR) is 141 cm³/mol. The van der Waals surface area contributed by atoms with Gasteiger partial charge in [0.2, 0.25) is 0 Å². The lowest BCUT2D eigenvalue weighted by atomic mass is 9.86. The molecule has 0 amide bonds. The number of hydrogen-bond acceptors (Lipinski definition) is 5. The van der Waals surface area contributed by atoms with Crippen molar-refractivity contribution in [3.8, 4) is 0 Å². The van der Waals surface area contributed by atoms with E-state index in [1.807, 2.05) is 6.07 Å². The lowest BCUT2D eigenvalue weighted by molar-refractivity contribution is -0.0354. The van der Waals surface area contributed by atoms with E-state index in [2.05, 4.69) is 53.0 Å². The lowest BCUT2D eigenvalue weighted by Gasteiger charge is -2.35. The van der Waals surface area contributed by atoms with Crippen molar-refractivity contribution >= 4 is 16.6 Å². The van der Waals surface area contributed by atoms with Crippen molar-refractivity contribution in [2.24, 2.45) is 5.92 Å². The Labute approximate surface area is 216 Å². The number of benzene rings is 2. The molecular formula is C28H36F2N6O. The van der Waals surface area contributed by atoms with Gasteiger partial charge >= 0.3 is 0 Å². The standard InChI is InChI=1S/C28H36F2N6O/c1-5-12-34(16-21(6-2)7-3)24-9-11-27-22(13-24)15-32-36(27)20(4)28(37,17-35-19-31-18-33-35)25-10-8-23(29)14-26(25)30/h8-11,13-15,18-21,37H,5-7,12,16-17H2,1-4H3/t20-,28-/m1/s1. The minimum atomic E-state index is -1.78. The van der Waals surface area contributed by atoms with E-state index >= 15 is 0 Å². The van der Waals surface area contributed by atoms with Crippen molar-refractivity contribution in [2.75, 3.05) is 18.0 Å². The fraction of sp³-hybridized carbons (Fsp3) is 0.464. The zero-order valence-electron chi connectivity index (χ0n) is 22.0. The summed E-state index contributed by atoms with van der Waals surface area (Å²) in [4.78, 5) is 6.37. The van der Waals surface area contributed by atoms with Gasteiger partial charge in [0.1, 0.15) is 29.9 Å². The van der Waals surface area contributed by atoms with Crippen LogP contribution in [0.2, 0.25) is 0 Å². The molecule has 0 spiro atoms. The quantitative estimate of drug-likeness (QED) is 0.264. The predicted octanol–water partition coefficient (Wildman–Crippen LogP) is 5.71. The molecule has 7 nitrogen and oxygen atoms in total. The van der Waals surface area contributed by atoms with Crippen LogP contribution in [-0.4, -0.2) is 42.7 Å². The van der Waals surface area contributed by atoms with Crippen LogP contribution in [0.3, 0.4) is 0 Å². The number of rotatable bonds is 12. The first-order valence-electron chi connectivity index (χ1n) is 13.0. The van der Waals surface area contributed by atoms with Gasteiger partial charge in [0.25, 0.3) is 0 Å². The molecule has 4 aromatic rings. The number of aliphatic hydroxyl groups is 1. The van der Waals surface area contributed by atoms with E-state index in [-0.39, 0.29) is 12.1 Å². The van der Waals surface area contributed by atoms with Crippen molar-refractivity contribution in [1.82, 2.24) is 24.5 Å². The van der Waals surface area contributed by atoms with Crippen LogP contribution in [0.15, 0.2) is 55.2 Å². The Morgan fingerprint density at radius 2 is 1.84 bits per heavy atom. The molecule has 0 fully saturated rings. The zero-order chi connectivity index (χ0) is 26.6. The highest BCUT2D eigenvalue weighted by atomic mass is 19.1. The molecule has 0 aliphatic rings. The number of halogens is 2. The number of nitrogens with zero attached hydrogens (tertiary/aromatic N) is 6. The van der Waals surface area contributed by atoms with Crippen molar-refractivity contribution < 1.29 is 13.9 Å². The third kappa shape index (κ3) is 5.51. The highest BCUT2D eigenvalue weighted by molar-refractivity contribution is 5.83. The number of hydrogen-bond donors (Lipinski definition) is 1. The van der Waals surface area contributed by atoms with Crippen LogP contribution in [0.1, 0.15) is 58.6 Å². The number of aromatic nitrogens is 5. The number of anilines is 1. The maximum absolute atomic E-state index is 15.0. The molecule has 2 aromatic heterocycles. The summed E-state index contributed by atoms with van der Waals surface area (Å²) in [5.41, 5.74) is 0.134. The van der Waals surface area contributed by atoms with Gasteiger partial charge in [0.05, 0.1) is 24.3 Å². The molecule has 2 heterocycles. The van der Waals surface area contributed by atoms with Gasteiger partial charge in [-0.3, -0.25) is 4.68 Å². The van der Waals surface area contributed by atoms with Crippen LogP contribution in [0.5, 0.6) is 0 Å². The molecule has 0 aliphatic carbocycles. The van der Waals surface area contributed by atoms with Crippen molar-refractivity contribution in [1.29, 1.82) is 0 Å². The van der Waals surface area contributed by atoms with Crippen LogP contribution in [0.4, 0.5) is 14.5 Å². The van der Waals surface area contributed by atoms with Crippen LogP contribution in [0.25, 0.3) is 10.9 Å². The summed E-state index contributed by atoms with van der Waals surface area (Å²) in [5.74, 6) is -0.911. The summed E-state index contributed by atoms with van der Waals surface area (Å²) in [6.45, 7) is 10.3. The van der Waals surface area contributed by atoms with E-state index in [9.17, 15) is 13.9 Å². The van der Waals surface area contributed by atoms with Crippen LogP contribution < -0.4 is 4.90 Å². The Morgan fingerprint density at radius 3 is 2.49 bits per heavy atom. The smallest absolute Gasteiger partial charge is 0.137 e. The average Bonchev–Trinajstić information content (AvgIpc) is 3.55. The van der Waals surface area contributed by atoms with Crippen molar-refractivity contribution in [3.63, 3.8) is 0 Å². The topological polar surface area (TPSA) is 72.0 Å². The first-order valence-corrected chi connectivity index (χ1v) is 13.0. The Balaban J connectivity index is 1.73. The fourth-order valence-corrected chi connectivity index (χ4v) is 5.05. The van der Waals surface area contributed by atoms with Gasteiger partial charge in [0.15, 0.2) is 0 Å². The van der Waals surface area contributed by atoms with Crippen LogP contribution >= 0.6 is 0 Å². The van der Waals surface area contributed by atoms with E-state index < -0.39 is 23.3 Å². The minimum absolute atomic E-state index is 0.0311. The summed E-state index contributed by atoms with van der Waals surface area (Å²) in [7, 11) is 0. The van der Waals surface area contributed by atoms with Gasteiger partial charge in [-0.15, -0.1) is 0 Å². The highest BCUT2D eigenvalue weighted by Gasteiger charge is 2.41. The third-order valence-corrected chi connectivity index (χ3v) is 7.40. The molecular weight excluding hydrogens is 474 g/mol. The third-order valence-electron chi connectivity index (χ3n) is 7.40. The Morgan fingerprint density at radius 1 is 1.05 bits per heavy atom. The molecule has 0 unspecified atom stereocenters. The molecule has 198 valence electrons. The largest absolute Gasteiger partial charge is 0.381 e. The Hall–Kier alpha value is -3.33. The second-order valence-corrected chi connectivity index (χ2v) is 9.78. The normalized spacial score (nSPS) is 14.3. The summed E-state index contributed by atoms with van der Waals surface area (Å²) in [5, 5.41) is 21.6. The Kier molecular flexibility index (Phi) is 8.22. The molecule has 4 rings (SSSR count). The lowest BCUT2D eigenvalue weighted by Crippen LogP contribution is -2.41. The van der Waals surface area contributed by atoms with Crippen molar-refractivity contribution in [2.45, 2.75) is 65.1 Å². The SMILES string of the molecule is CCCN(CC(CC)CC)c1ccc2c(cnn2[C@H](C)[C@](O)(Cn2cncn2)c2ccc(F)cc2F)c1. The first kappa shape index (κ1) is 26.7. The van der Waals surface area contributed by atoms with E-state index in [1.54, 1.807) is 17.8 Å². The van der Waals surface area contributed by atoms with Gasteiger partial charge in [-0.2, -0.15) is 10.2 Å². The Bertz CT molecular complexity index is 1300. The fourth-order valence-electron chi connectivity index (χ4n) is 5.05. The summed E-state index contributed by atoms with van der Waals surface area (Å²) in [6.07, 6.45) is 7.90. The van der Waals surface area contributed by atoms with E-state index in [0.29, 0.717) is 5.92 Å². The monoisotopic (exact) mass is 510 g/mol. The first-order chi connectivity index (χ1) is 17.8. The van der Waals surface area contributed by atoms with E-state index in [0.717, 1.165) is 61.1 Å². The molecule has 37 heavy (non-hydrogen) atoms. The molecule has 1 N–H and O–H groups in total. The van der Waals surface area contributed by atoms with Gasteiger partial charge in [-0.1, -0.05) is 39.7 Å². The molecule has 2 atom stereocenters. The van der Waals surface area contributed by atoms with Gasteiger partial charge < -0.3 is 10.0 Å². The molecule has 2 aromatic carbocycles. The van der Waals surface area contributed by atoms with Crippen LogP contribution in [0, 0.1) is 17.6 Å². The van der Waals surface area contributed by atoms with E-state index in [4.69, 9.17) is 0 Å². The van der Waals surface area contributed by atoms with Gasteiger partial charge in [0, 0.05) is 35.8 Å². The summed E-state index contributed by atoms with van der Waals surface area (Å²) < 4.78 is 31.8. The zero-order valence-corrected chi connectivity index (χ0v) is 22.0. The number of fused-ring (bicyclic) bond motifs is 1. The summed E-state index contributed by atoms with van der Waals surface area (Å²) in [6, 6.07) is 8.70. The van der Waals surface area contributed by atoms with Crippen LogP contribution in [-0.2, 0) is 12.1 Å². The second kappa shape index (κ2) is 11.4. The molecule has 0 saturated heterocycles. The van der Waals surface area contributed by atoms with Crippen molar-refractivity contribution in [3.05, 3.63) is 72.4 Å². The van der Waals surface area contributed by atoms with Gasteiger partial charge in [-0.25, -0.2) is 18.4 Å². The molecule has 0 aliphatic heterocycles. The highest BCUT2D eigenvalue weighted by Crippen LogP contribution is 2.38. The molecule has 0 saturated carbocycles. The van der Waals surface area contributed by atoms with E-state index in [1.165, 1.54) is 23.4 Å². The summed E-state index contributed by atoms with van der Waals surface area (Å²) >= 11 is 0. The second-order valence-electron chi connectivity index (χ2n) is 9.78. The maximum atomic E-state index is 15.0. The molecule has 9 heteroatoms.